The molecule has 0 saturated heterocycles. The lowest BCUT2D eigenvalue weighted by atomic mass is 10.1. The molecule has 0 unspecified atom stereocenters. The molecular weight excluding hydrogens is 520 g/mol. The summed E-state index contributed by atoms with van der Waals surface area (Å²) in [5.74, 6) is 1.05. The van der Waals surface area contributed by atoms with Gasteiger partial charge in [0, 0.05) is 22.1 Å². The Morgan fingerprint density at radius 3 is 2.53 bits per heavy atom. The minimum atomic E-state index is -0.296. The van der Waals surface area contributed by atoms with Crippen LogP contribution in [0.2, 0.25) is 0 Å². The molecule has 1 atom stereocenters. The van der Waals surface area contributed by atoms with Crippen molar-refractivity contribution in [1.29, 1.82) is 0 Å². The summed E-state index contributed by atoms with van der Waals surface area (Å²) in [7, 11) is 0. The maximum absolute atomic E-state index is 12.9. The minimum absolute atomic E-state index is 0.0797. The Hall–Kier alpha value is -3.23. The second-order valence-electron chi connectivity index (χ2n) is 8.30. The molecule has 7 nitrogen and oxygen atoms in total. The standard InChI is InChI=1S/C28H33BrN4O3/c1-3-33(4-2)25(15-8-9-18-30-27(34)21-11-6-5-7-12-21)28(35)32-31-20-24-16-17-26(36-24)22-13-10-14-23(29)19-22/h5-7,10-14,16-17,19-20,25H,3-4,8-9,15,18H2,1-2H3,(H,30,34)(H,32,35)/b31-20+/t25-/m1/s1. The lowest BCUT2D eigenvalue weighted by Crippen LogP contribution is -2.45. The Kier molecular flexibility index (Phi) is 10.9. The number of hydrogen-bond donors (Lipinski definition) is 2. The van der Waals surface area contributed by atoms with Crippen molar-refractivity contribution in [1.82, 2.24) is 15.6 Å². The van der Waals surface area contributed by atoms with E-state index in [1.54, 1.807) is 12.1 Å². The second kappa shape index (κ2) is 14.4. The maximum Gasteiger partial charge on any atom is 0.257 e. The van der Waals surface area contributed by atoms with Crippen LogP contribution in [0.3, 0.4) is 0 Å². The zero-order valence-corrected chi connectivity index (χ0v) is 22.3. The van der Waals surface area contributed by atoms with E-state index in [4.69, 9.17) is 4.42 Å². The first-order valence-corrected chi connectivity index (χ1v) is 13.1. The monoisotopic (exact) mass is 552 g/mol. The van der Waals surface area contributed by atoms with Crippen LogP contribution in [0.15, 0.2) is 80.7 Å². The third-order valence-electron chi connectivity index (χ3n) is 5.88. The molecule has 1 heterocycles. The van der Waals surface area contributed by atoms with Gasteiger partial charge in [0.2, 0.25) is 0 Å². The summed E-state index contributed by atoms with van der Waals surface area (Å²) in [6, 6.07) is 20.4. The molecule has 2 N–H and O–H groups in total. The molecule has 3 rings (SSSR count). The number of nitrogens with zero attached hydrogens (tertiary/aromatic N) is 2. The molecule has 2 aromatic carbocycles. The normalized spacial score (nSPS) is 12.1. The molecule has 0 saturated carbocycles. The SMILES string of the molecule is CCN(CC)[C@H](CCCCNC(=O)c1ccccc1)C(=O)N/N=C/c1ccc(-c2cccc(Br)c2)o1. The number of carbonyl (C=O) groups is 2. The molecule has 0 aliphatic rings. The third-order valence-corrected chi connectivity index (χ3v) is 6.38. The largest absolute Gasteiger partial charge is 0.455 e. The Labute approximate surface area is 221 Å². The maximum atomic E-state index is 12.9. The number of rotatable bonds is 13. The van der Waals surface area contributed by atoms with Crippen molar-refractivity contribution in [2.24, 2.45) is 5.10 Å². The number of hydrogen-bond acceptors (Lipinski definition) is 5. The van der Waals surface area contributed by atoms with Gasteiger partial charge in [0.05, 0.1) is 12.3 Å². The van der Waals surface area contributed by atoms with Gasteiger partial charge in [-0.05, 0) is 68.8 Å². The van der Waals surface area contributed by atoms with Crippen LogP contribution in [0.5, 0.6) is 0 Å². The van der Waals surface area contributed by atoms with Gasteiger partial charge in [-0.25, -0.2) is 5.43 Å². The van der Waals surface area contributed by atoms with Gasteiger partial charge in [-0.1, -0.05) is 60.1 Å². The Morgan fingerprint density at radius 1 is 1.03 bits per heavy atom. The van der Waals surface area contributed by atoms with Crippen LogP contribution in [-0.4, -0.2) is 48.6 Å². The van der Waals surface area contributed by atoms with Crippen molar-refractivity contribution in [3.63, 3.8) is 0 Å². The van der Waals surface area contributed by atoms with Gasteiger partial charge in [0.15, 0.2) is 0 Å². The average molecular weight is 554 g/mol. The van der Waals surface area contributed by atoms with Crippen molar-refractivity contribution in [2.45, 2.75) is 39.2 Å². The predicted molar refractivity (Wildman–Crippen MR) is 147 cm³/mol. The van der Waals surface area contributed by atoms with Crippen LogP contribution in [-0.2, 0) is 4.79 Å². The molecule has 36 heavy (non-hydrogen) atoms. The third kappa shape index (κ3) is 8.17. The predicted octanol–water partition coefficient (Wildman–Crippen LogP) is 5.47. The molecule has 1 aromatic heterocycles. The van der Waals surface area contributed by atoms with E-state index in [2.05, 4.69) is 36.7 Å². The van der Waals surface area contributed by atoms with Crippen LogP contribution in [0.25, 0.3) is 11.3 Å². The van der Waals surface area contributed by atoms with E-state index >= 15 is 0 Å². The summed E-state index contributed by atoms with van der Waals surface area (Å²) < 4.78 is 6.81. The highest BCUT2D eigenvalue weighted by molar-refractivity contribution is 9.10. The highest BCUT2D eigenvalue weighted by Gasteiger charge is 2.23. The number of furan rings is 1. The summed E-state index contributed by atoms with van der Waals surface area (Å²) in [5, 5.41) is 7.07. The highest BCUT2D eigenvalue weighted by Crippen LogP contribution is 2.24. The molecular formula is C28H33BrN4O3. The molecule has 0 radical (unpaired) electrons. The minimum Gasteiger partial charge on any atom is -0.455 e. The second-order valence-corrected chi connectivity index (χ2v) is 9.22. The lowest BCUT2D eigenvalue weighted by Gasteiger charge is -2.27. The van der Waals surface area contributed by atoms with Gasteiger partial charge in [0.25, 0.3) is 11.8 Å². The molecule has 0 bridgehead atoms. The first-order chi connectivity index (χ1) is 17.5. The lowest BCUT2D eigenvalue weighted by molar-refractivity contribution is -0.126. The van der Waals surface area contributed by atoms with Crippen LogP contribution in [0.1, 0.15) is 49.2 Å². The van der Waals surface area contributed by atoms with Gasteiger partial charge < -0.3 is 9.73 Å². The number of benzene rings is 2. The molecule has 0 fully saturated rings. The molecule has 190 valence electrons. The summed E-state index contributed by atoms with van der Waals surface area (Å²) >= 11 is 3.47. The number of unbranched alkanes of at least 4 members (excludes halogenated alkanes) is 1. The fourth-order valence-electron chi connectivity index (χ4n) is 3.95. The first kappa shape index (κ1) is 27.4. The average Bonchev–Trinajstić information content (AvgIpc) is 3.37. The number of likely N-dealkylation sites (N-methyl/N-ethyl adjacent to an activating group) is 1. The van der Waals surface area contributed by atoms with E-state index in [0.717, 1.165) is 41.7 Å². The Morgan fingerprint density at radius 2 is 1.81 bits per heavy atom. The number of nitrogens with one attached hydrogen (secondary N) is 2. The van der Waals surface area contributed by atoms with Crippen molar-refractivity contribution >= 4 is 34.0 Å². The number of carbonyl (C=O) groups excluding carboxylic acids is 2. The molecule has 3 aromatic rings. The number of amides is 2. The molecule has 0 aliphatic heterocycles. The molecule has 2 amide bonds. The van der Waals surface area contributed by atoms with Gasteiger partial charge in [-0.15, -0.1) is 0 Å². The van der Waals surface area contributed by atoms with Crippen LogP contribution in [0.4, 0.5) is 0 Å². The number of halogens is 1. The topological polar surface area (TPSA) is 86.9 Å². The summed E-state index contributed by atoms with van der Waals surface area (Å²) in [6.07, 6.45) is 3.79. The van der Waals surface area contributed by atoms with E-state index in [0.29, 0.717) is 24.3 Å². The summed E-state index contributed by atoms with van der Waals surface area (Å²) in [4.78, 5) is 27.2. The van der Waals surface area contributed by atoms with Crippen molar-refractivity contribution in [3.05, 3.63) is 82.5 Å². The molecule has 0 spiro atoms. The molecule has 0 aliphatic carbocycles. The van der Waals surface area contributed by atoms with Crippen molar-refractivity contribution in [2.75, 3.05) is 19.6 Å². The van der Waals surface area contributed by atoms with Gasteiger partial charge in [-0.3, -0.25) is 14.5 Å². The Balaban J connectivity index is 1.49. The van der Waals surface area contributed by atoms with Crippen LogP contribution < -0.4 is 10.7 Å². The first-order valence-electron chi connectivity index (χ1n) is 12.3. The van der Waals surface area contributed by atoms with Gasteiger partial charge in [-0.2, -0.15) is 5.10 Å². The van der Waals surface area contributed by atoms with Gasteiger partial charge in [0.1, 0.15) is 11.5 Å². The Bertz CT molecular complexity index is 1140. The van der Waals surface area contributed by atoms with Crippen molar-refractivity contribution < 1.29 is 14.0 Å². The van der Waals surface area contributed by atoms with Crippen molar-refractivity contribution in [3.8, 4) is 11.3 Å². The van der Waals surface area contributed by atoms with Crippen LogP contribution >= 0.6 is 15.9 Å². The summed E-state index contributed by atoms with van der Waals surface area (Å²) in [6.45, 7) is 6.17. The quantitative estimate of drug-likeness (QED) is 0.167. The van der Waals surface area contributed by atoms with E-state index < -0.39 is 0 Å². The zero-order chi connectivity index (χ0) is 25.8. The number of hydrazone groups is 1. The van der Waals surface area contributed by atoms with E-state index in [1.165, 1.54) is 6.21 Å². The smallest absolute Gasteiger partial charge is 0.257 e. The summed E-state index contributed by atoms with van der Waals surface area (Å²) in [5.41, 5.74) is 4.27. The van der Waals surface area contributed by atoms with Crippen LogP contribution in [0, 0.1) is 0 Å². The van der Waals surface area contributed by atoms with Gasteiger partial charge >= 0.3 is 0 Å². The highest BCUT2D eigenvalue weighted by atomic mass is 79.9. The van der Waals surface area contributed by atoms with E-state index in [-0.39, 0.29) is 17.9 Å². The fourth-order valence-corrected chi connectivity index (χ4v) is 4.35. The van der Waals surface area contributed by atoms with E-state index in [1.807, 2.05) is 68.4 Å². The molecule has 8 heteroatoms. The zero-order valence-electron chi connectivity index (χ0n) is 20.7. The fraction of sp³-hybridized carbons (Fsp3) is 0.321. The van der Waals surface area contributed by atoms with E-state index in [9.17, 15) is 9.59 Å².